The van der Waals surface area contributed by atoms with Gasteiger partial charge in [-0.15, -0.1) is 0 Å². The van der Waals surface area contributed by atoms with Crippen molar-refractivity contribution in [1.29, 1.82) is 0 Å². The van der Waals surface area contributed by atoms with E-state index in [0.29, 0.717) is 12.8 Å². The van der Waals surface area contributed by atoms with Gasteiger partial charge in [-0.25, -0.2) is 16.8 Å². The second-order valence-electron chi connectivity index (χ2n) is 5.19. The maximum Gasteiger partial charge on any atom is 0.182 e. The van der Waals surface area contributed by atoms with Gasteiger partial charge in [-0.2, -0.15) is 0 Å². The number of hydrogen-bond acceptors (Lipinski definition) is 5. The van der Waals surface area contributed by atoms with Crippen LogP contribution in [0.15, 0.2) is 34.1 Å². The Labute approximate surface area is 127 Å². The molecule has 0 saturated carbocycles. The van der Waals surface area contributed by atoms with E-state index in [1.165, 1.54) is 24.3 Å². The Kier molecular flexibility index (Phi) is 5.95. The van der Waals surface area contributed by atoms with Crippen molar-refractivity contribution in [2.45, 2.75) is 54.2 Å². The van der Waals surface area contributed by atoms with Gasteiger partial charge in [-0.1, -0.05) is 20.3 Å². The van der Waals surface area contributed by atoms with Crippen molar-refractivity contribution < 1.29 is 16.8 Å². The second kappa shape index (κ2) is 6.89. The maximum atomic E-state index is 12.6. The molecular formula is C14H23NO4S2. The average Bonchev–Trinajstić information content (AvgIpc) is 2.38. The van der Waals surface area contributed by atoms with E-state index in [1.54, 1.807) is 6.92 Å². The Balaban J connectivity index is 3.18. The number of hydrogen-bond donors (Lipinski definition) is 1. The van der Waals surface area contributed by atoms with Crippen molar-refractivity contribution >= 4 is 19.7 Å². The fraction of sp³-hybridized carbons (Fsp3) is 0.571. The van der Waals surface area contributed by atoms with E-state index < -0.39 is 31.0 Å². The minimum absolute atomic E-state index is 0.104. The van der Waals surface area contributed by atoms with Crippen LogP contribution in [-0.2, 0) is 19.7 Å². The van der Waals surface area contributed by atoms with Gasteiger partial charge in [-0.3, -0.25) is 0 Å². The largest absolute Gasteiger partial charge is 0.327 e. The third-order valence-corrected chi connectivity index (χ3v) is 7.02. The first-order valence-corrected chi connectivity index (χ1v) is 10.4. The van der Waals surface area contributed by atoms with Crippen LogP contribution in [0.4, 0.5) is 0 Å². The molecule has 0 radical (unpaired) electrons. The van der Waals surface area contributed by atoms with Crippen molar-refractivity contribution in [3.63, 3.8) is 0 Å². The fourth-order valence-corrected chi connectivity index (χ4v) is 4.85. The van der Waals surface area contributed by atoms with Gasteiger partial charge in [0.05, 0.1) is 15.0 Å². The number of nitrogens with two attached hydrogens (primary N) is 1. The molecule has 0 aromatic heterocycles. The normalized spacial score (nSPS) is 15.6. The monoisotopic (exact) mass is 333 g/mol. The van der Waals surface area contributed by atoms with Crippen LogP contribution in [-0.4, -0.2) is 34.4 Å². The summed E-state index contributed by atoms with van der Waals surface area (Å²) in [5.74, 6) is 0. The summed E-state index contributed by atoms with van der Waals surface area (Å²) in [5.41, 5.74) is 5.99. The summed E-state index contributed by atoms with van der Waals surface area (Å²) in [5, 5.41) is -0.651. The SMILES string of the molecule is CCCC(N)C(CC)S(=O)(=O)c1ccc(S(C)(=O)=O)cc1. The van der Waals surface area contributed by atoms with Crippen LogP contribution < -0.4 is 5.73 Å². The van der Waals surface area contributed by atoms with E-state index in [1.807, 2.05) is 6.92 Å². The molecule has 0 heterocycles. The van der Waals surface area contributed by atoms with Gasteiger partial charge < -0.3 is 5.73 Å². The molecule has 2 unspecified atom stereocenters. The third-order valence-electron chi connectivity index (χ3n) is 3.48. The Morgan fingerprint density at radius 3 is 1.86 bits per heavy atom. The second-order valence-corrected chi connectivity index (χ2v) is 9.37. The molecule has 5 nitrogen and oxygen atoms in total. The van der Waals surface area contributed by atoms with Crippen molar-refractivity contribution in [1.82, 2.24) is 0 Å². The zero-order valence-electron chi connectivity index (χ0n) is 12.6. The molecule has 120 valence electrons. The van der Waals surface area contributed by atoms with Crippen LogP contribution in [0.25, 0.3) is 0 Å². The van der Waals surface area contributed by atoms with Gasteiger partial charge in [0, 0.05) is 12.3 Å². The summed E-state index contributed by atoms with van der Waals surface area (Å²) in [6.07, 6.45) is 2.97. The summed E-state index contributed by atoms with van der Waals surface area (Å²) < 4.78 is 48.0. The highest BCUT2D eigenvalue weighted by molar-refractivity contribution is 7.92. The number of benzene rings is 1. The molecule has 0 aliphatic carbocycles. The summed E-state index contributed by atoms with van der Waals surface area (Å²) in [6.45, 7) is 3.75. The number of rotatable bonds is 7. The van der Waals surface area contributed by atoms with Gasteiger partial charge in [0.25, 0.3) is 0 Å². The van der Waals surface area contributed by atoms with Gasteiger partial charge in [0.15, 0.2) is 19.7 Å². The predicted octanol–water partition coefficient (Wildman–Crippen LogP) is 1.77. The topological polar surface area (TPSA) is 94.3 Å². The number of sulfone groups is 2. The fourth-order valence-electron chi connectivity index (χ4n) is 2.32. The van der Waals surface area contributed by atoms with Crippen molar-refractivity contribution in [2.75, 3.05) is 6.26 Å². The Morgan fingerprint density at radius 1 is 1.00 bits per heavy atom. The molecule has 0 amide bonds. The highest BCUT2D eigenvalue weighted by Crippen LogP contribution is 2.23. The molecule has 21 heavy (non-hydrogen) atoms. The first-order chi connectivity index (χ1) is 9.64. The predicted molar refractivity (Wildman–Crippen MR) is 83.7 cm³/mol. The van der Waals surface area contributed by atoms with E-state index >= 15 is 0 Å². The molecule has 0 bridgehead atoms. The Hall–Kier alpha value is -0.920. The van der Waals surface area contributed by atoms with E-state index in [4.69, 9.17) is 5.73 Å². The molecule has 0 aliphatic rings. The summed E-state index contributed by atoms with van der Waals surface area (Å²) in [7, 11) is -6.89. The zero-order chi connectivity index (χ0) is 16.3. The van der Waals surface area contributed by atoms with E-state index in [2.05, 4.69) is 0 Å². The maximum absolute atomic E-state index is 12.6. The van der Waals surface area contributed by atoms with Crippen molar-refractivity contribution in [2.24, 2.45) is 5.73 Å². The van der Waals surface area contributed by atoms with Gasteiger partial charge in [0.1, 0.15) is 0 Å². The first-order valence-electron chi connectivity index (χ1n) is 6.94. The molecule has 1 aromatic rings. The quantitative estimate of drug-likeness (QED) is 0.820. The lowest BCUT2D eigenvalue weighted by molar-refractivity contribution is 0.516. The van der Waals surface area contributed by atoms with Crippen LogP contribution in [0.2, 0.25) is 0 Å². The first kappa shape index (κ1) is 18.1. The van der Waals surface area contributed by atoms with Crippen molar-refractivity contribution in [3.8, 4) is 0 Å². The highest BCUT2D eigenvalue weighted by Gasteiger charge is 2.31. The molecule has 0 spiro atoms. The molecule has 0 saturated heterocycles. The lowest BCUT2D eigenvalue weighted by Crippen LogP contribution is -2.40. The molecule has 2 atom stereocenters. The lowest BCUT2D eigenvalue weighted by Gasteiger charge is -2.22. The average molecular weight is 333 g/mol. The van der Waals surface area contributed by atoms with Gasteiger partial charge in [0.2, 0.25) is 0 Å². The minimum Gasteiger partial charge on any atom is -0.327 e. The third kappa shape index (κ3) is 4.28. The minimum atomic E-state index is -3.55. The molecule has 0 fully saturated rings. The molecule has 1 aromatic carbocycles. The summed E-state index contributed by atoms with van der Waals surface area (Å²) >= 11 is 0. The van der Waals surface area contributed by atoms with Crippen LogP contribution in [0.1, 0.15) is 33.1 Å². The standard InChI is InChI=1S/C14H23NO4S2/c1-4-6-13(15)14(5-2)21(18,19)12-9-7-11(8-10-12)20(3,16)17/h7-10,13-14H,4-6,15H2,1-3H3. The molecular weight excluding hydrogens is 310 g/mol. The Morgan fingerprint density at radius 2 is 1.48 bits per heavy atom. The molecule has 0 aliphatic heterocycles. The van der Waals surface area contributed by atoms with Crippen molar-refractivity contribution in [3.05, 3.63) is 24.3 Å². The molecule has 2 N–H and O–H groups in total. The van der Waals surface area contributed by atoms with Crippen LogP contribution in [0.5, 0.6) is 0 Å². The van der Waals surface area contributed by atoms with E-state index in [-0.39, 0.29) is 9.79 Å². The van der Waals surface area contributed by atoms with Crippen LogP contribution in [0.3, 0.4) is 0 Å². The molecule has 7 heteroatoms. The Bertz CT molecular complexity index is 663. The summed E-state index contributed by atoms with van der Waals surface area (Å²) in [4.78, 5) is 0.223. The van der Waals surface area contributed by atoms with Gasteiger partial charge in [-0.05, 0) is 37.1 Å². The van der Waals surface area contributed by atoms with Crippen LogP contribution in [0, 0.1) is 0 Å². The van der Waals surface area contributed by atoms with Gasteiger partial charge >= 0.3 is 0 Å². The smallest absolute Gasteiger partial charge is 0.182 e. The highest BCUT2D eigenvalue weighted by atomic mass is 32.2. The zero-order valence-corrected chi connectivity index (χ0v) is 14.2. The molecule has 1 rings (SSSR count). The van der Waals surface area contributed by atoms with Crippen LogP contribution >= 0.6 is 0 Å². The lowest BCUT2D eigenvalue weighted by atomic mass is 10.1. The van der Waals surface area contributed by atoms with E-state index in [9.17, 15) is 16.8 Å². The van der Waals surface area contributed by atoms with E-state index in [0.717, 1.165) is 12.7 Å². The summed E-state index contributed by atoms with van der Waals surface area (Å²) in [6, 6.07) is 4.90.